The van der Waals surface area contributed by atoms with Gasteiger partial charge < -0.3 is 15.0 Å². The van der Waals surface area contributed by atoms with Crippen LogP contribution in [0.15, 0.2) is 35.5 Å². The predicted molar refractivity (Wildman–Crippen MR) is 94.7 cm³/mol. The molecule has 0 spiro atoms. The van der Waals surface area contributed by atoms with Crippen LogP contribution in [0, 0.1) is 4.78 Å². The molecule has 1 unspecified atom stereocenters. The van der Waals surface area contributed by atoms with E-state index in [2.05, 4.69) is 15.0 Å². The first-order valence-electron chi connectivity index (χ1n) is 7.83. The predicted octanol–water partition coefficient (Wildman–Crippen LogP) is 1.91. The first-order valence-corrected chi connectivity index (χ1v) is 9.38. The molecule has 2 atom stereocenters. The molecular weight excluding hydrogens is 380 g/mol. The van der Waals surface area contributed by atoms with Gasteiger partial charge in [0.05, 0.1) is 17.5 Å². The van der Waals surface area contributed by atoms with Crippen molar-refractivity contribution in [3.8, 4) is 0 Å². The highest BCUT2D eigenvalue weighted by Crippen LogP contribution is 2.27. The summed E-state index contributed by atoms with van der Waals surface area (Å²) in [6.45, 7) is -0.363. The molecule has 3 heterocycles. The fraction of sp³-hybridized carbons (Fsp3) is 0.250. The molecule has 8 nitrogen and oxygen atoms in total. The van der Waals surface area contributed by atoms with Gasteiger partial charge >= 0.3 is 0 Å². The standard InChI is InChI=1S/C16H17F2N5O3S/c1-23-7-13-11(3-2-10(8-24)22-27(13,19)26)14(23)16(25)21-9-4-5-20-12(6-9)15(17)18/h2-7,10,15,24H,8H2,1H3,(H2,19,22,26)(H,20,21,25)/t10-,27?/m1/s1. The van der Waals surface area contributed by atoms with E-state index in [0.717, 1.165) is 12.3 Å². The Hall–Kier alpha value is -2.63. The molecule has 0 radical (unpaired) electrons. The molecule has 0 fully saturated rings. The van der Waals surface area contributed by atoms with Gasteiger partial charge in [-0.15, -0.1) is 0 Å². The third-order valence-corrected chi connectivity index (χ3v) is 5.56. The minimum absolute atomic E-state index is 0.102. The van der Waals surface area contributed by atoms with Crippen molar-refractivity contribution in [2.75, 3.05) is 11.9 Å². The number of pyridine rings is 1. The topological polar surface area (TPSA) is 120 Å². The molecule has 11 heteroatoms. The van der Waals surface area contributed by atoms with Gasteiger partial charge in [0.25, 0.3) is 12.3 Å². The summed E-state index contributed by atoms with van der Waals surface area (Å²) in [7, 11) is -1.90. The van der Waals surface area contributed by atoms with Crippen LogP contribution in [0.5, 0.6) is 0 Å². The molecule has 0 aromatic carbocycles. The second-order valence-electron chi connectivity index (χ2n) is 5.91. The number of hydrogen-bond donors (Lipinski definition) is 4. The number of aromatic nitrogens is 2. The molecule has 0 bridgehead atoms. The van der Waals surface area contributed by atoms with Gasteiger partial charge in [-0.25, -0.2) is 22.5 Å². The average Bonchev–Trinajstić information content (AvgIpc) is 2.90. The molecule has 2 aromatic rings. The SMILES string of the molecule is Cn1cc2c(c1C(=O)Nc1ccnc(C(F)F)c1)C=C[C@H](CO)NS2(=N)=O. The number of fused-ring (bicyclic) bond motifs is 1. The van der Waals surface area contributed by atoms with Gasteiger partial charge in [-0.1, -0.05) is 12.2 Å². The maximum Gasteiger partial charge on any atom is 0.280 e. The number of carbonyl (C=O) groups is 1. The van der Waals surface area contributed by atoms with Crippen LogP contribution in [0.3, 0.4) is 0 Å². The van der Waals surface area contributed by atoms with Crippen LogP contribution in [-0.4, -0.2) is 37.4 Å². The zero-order valence-electron chi connectivity index (χ0n) is 14.1. The lowest BCUT2D eigenvalue weighted by Crippen LogP contribution is -2.34. The molecule has 1 aliphatic heterocycles. The van der Waals surface area contributed by atoms with Crippen molar-refractivity contribution in [2.24, 2.45) is 7.05 Å². The van der Waals surface area contributed by atoms with E-state index in [4.69, 9.17) is 4.78 Å². The Balaban J connectivity index is 2.00. The summed E-state index contributed by atoms with van der Waals surface area (Å²) in [6, 6.07) is 1.74. The highest BCUT2D eigenvalue weighted by Gasteiger charge is 2.28. The summed E-state index contributed by atoms with van der Waals surface area (Å²) in [5, 5.41) is 11.8. The van der Waals surface area contributed by atoms with Crippen LogP contribution in [0.2, 0.25) is 0 Å². The van der Waals surface area contributed by atoms with Gasteiger partial charge in [0.2, 0.25) is 0 Å². The average molecular weight is 397 g/mol. The molecule has 3 rings (SSSR count). The highest BCUT2D eigenvalue weighted by molar-refractivity contribution is 7.90. The number of aryl methyl sites for hydroxylation is 1. The molecule has 144 valence electrons. The minimum atomic E-state index is -3.45. The summed E-state index contributed by atoms with van der Waals surface area (Å²) >= 11 is 0. The number of nitrogens with zero attached hydrogens (tertiary/aromatic N) is 2. The molecular formula is C16H17F2N5O3S. The Bertz CT molecular complexity index is 1020. The van der Waals surface area contributed by atoms with Crippen molar-refractivity contribution < 1.29 is 22.9 Å². The zero-order valence-corrected chi connectivity index (χ0v) is 15.0. The molecule has 0 saturated heterocycles. The molecule has 27 heavy (non-hydrogen) atoms. The number of aliphatic hydroxyl groups is 1. The van der Waals surface area contributed by atoms with Crippen LogP contribution >= 0.6 is 0 Å². The number of alkyl halides is 2. The molecule has 1 amide bonds. The quantitative estimate of drug-likeness (QED) is 0.630. The molecule has 2 aromatic heterocycles. The van der Waals surface area contributed by atoms with Gasteiger partial charge in [-0.05, 0) is 12.1 Å². The zero-order chi connectivity index (χ0) is 19.8. The van der Waals surface area contributed by atoms with Gasteiger partial charge in [0, 0.05) is 30.7 Å². The van der Waals surface area contributed by atoms with Crippen molar-refractivity contribution in [2.45, 2.75) is 17.4 Å². The first kappa shape index (κ1) is 19.1. The molecule has 0 aliphatic carbocycles. The summed E-state index contributed by atoms with van der Waals surface area (Å²) in [6.07, 6.45) is 2.81. The van der Waals surface area contributed by atoms with Crippen molar-refractivity contribution >= 4 is 27.6 Å². The normalized spacial score (nSPS) is 21.7. The summed E-state index contributed by atoms with van der Waals surface area (Å²) in [5.41, 5.74) is 0.0389. The number of rotatable bonds is 4. The third kappa shape index (κ3) is 3.75. The van der Waals surface area contributed by atoms with Crippen molar-refractivity contribution in [3.05, 3.63) is 47.6 Å². The number of anilines is 1. The van der Waals surface area contributed by atoms with E-state index >= 15 is 0 Å². The van der Waals surface area contributed by atoms with E-state index < -0.39 is 34.0 Å². The number of nitrogens with one attached hydrogen (secondary N) is 3. The number of carbonyl (C=O) groups excluding carboxylic acids is 1. The fourth-order valence-electron chi connectivity index (χ4n) is 2.75. The van der Waals surface area contributed by atoms with E-state index in [0.29, 0.717) is 0 Å². The van der Waals surface area contributed by atoms with Crippen LogP contribution in [-0.2, 0) is 17.0 Å². The van der Waals surface area contributed by atoms with E-state index in [-0.39, 0.29) is 28.4 Å². The van der Waals surface area contributed by atoms with E-state index in [9.17, 15) is 22.9 Å². The molecule has 1 aliphatic rings. The second kappa shape index (κ2) is 7.18. The van der Waals surface area contributed by atoms with Crippen LogP contribution in [0.1, 0.15) is 28.2 Å². The van der Waals surface area contributed by atoms with Gasteiger partial charge in [0.15, 0.2) is 0 Å². The monoisotopic (exact) mass is 397 g/mol. The van der Waals surface area contributed by atoms with Crippen molar-refractivity contribution in [3.63, 3.8) is 0 Å². The Morgan fingerprint density at radius 3 is 2.96 bits per heavy atom. The van der Waals surface area contributed by atoms with E-state index in [1.54, 1.807) is 7.05 Å². The fourth-order valence-corrected chi connectivity index (χ4v) is 4.24. The van der Waals surface area contributed by atoms with E-state index in [1.807, 2.05) is 0 Å². The maximum absolute atomic E-state index is 12.8. The Morgan fingerprint density at radius 1 is 1.56 bits per heavy atom. The van der Waals surface area contributed by atoms with E-state index in [1.165, 1.54) is 29.0 Å². The summed E-state index contributed by atoms with van der Waals surface area (Å²) < 4.78 is 50.2. The second-order valence-corrected chi connectivity index (χ2v) is 7.70. The molecule has 4 N–H and O–H groups in total. The number of aliphatic hydroxyl groups excluding tert-OH is 1. The van der Waals surface area contributed by atoms with Gasteiger partial charge in [0.1, 0.15) is 21.3 Å². The van der Waals surface area contributed by atoms with Crippen LogP contribution in [0.25, 0.3) is 6.08 Å². The van der Waals surface area contributed by atoms with Crippen LogP contribution < -0.4 is 10.0 Å². The minimum Gasteiger partial charge on any atom is -0.394 e. The van der Waals surface area contributed by atoms with Crippen LogP contribution in [0.4, 0.5) is 14.5 Å². The van der Waals surface area contributed by atoms with Crippen molar-refractivity contribution in [1.82, 2.24) is 14.3 Å². The smallest absolute Gasteiger partial charge is 0.280 e. The lowest BCUT2D eigenvalue weighted by atomic mass is 10.1. The first-order chi connectivity index (χ1) is 12.7. The number of hydrogen-bond acceptors (Lipinski definition) is 5. The van der Waals surface area contributed by atoms with Crippen molar-refractivity contribution in [1.29, 1.82) is 4.78 Å². The summed E-state index contributed by atoms with van der Waals surface area (Å²) in [5.74, 6) is -0.618. The maximum atomic E-state index is 12.8. The highest BCUT2D eigenvalue weighted by atomic mass is 32.2. The number of halogens is 2. The largest absolute Gasteiger partial charge is 0.394 e. The Kier molecular flexibility index (Phi) is 5.09. The van der Waals surface area contributed by atoms with Gasteiger partial charge in [-0.3, -0.25) is 9.78 Å². The lowest BCUT2D eigenvalue weighted by molar-refractivity contribution is 0.101. The lowest BCUT2D eigenvalue weighted by Gasteiger charge is -2.12. The number of amides is 1. The third-order valence-electron chi connectivity index (χ3n) is 3.98. The summed E-state index contributed by atoms with van der Waals surface area (Å²) in [4.78, 5) is 16.4. The Morgan fingerprint density at radius 2 is 2.30 bits per heavy atom. The van der Waals surface area contributed by atoms with Gasteiger partial charge in [-0.2, -0.15) is 0 Å². The molecule has 0 saturated carbocycles. The Labute approximate surface area is 154 Å².